The van der Waals surface area contributed by atoms with E-state index in [1.165, 1.54) is 12.8 Å². The van der Waals surface area contributed by atoms with Gasteiger partial charge in [0, 0.05) is 42.1 Å². The van der Waals surface area contributed by atoms with Crippen molar-refractivity contribution in [2.45, 2.75) is 49.9 Å². The number of aliphatic carboxylic acids is 1. The number of thioether (sulfide) groups is 1. The van der Waals surface area contributed by atoms with Gasteiger partial charge in [0.1, 0.15) is 11.9 Å². The molecule has 1 aliphatic carbocycles. The van der Waals surface area contributed by atoms with Crippen LogP contribution in [0.3, 0.4) is 0 Å². The fourth-order valence-electron chi connectivity index (χ4n) is 4.84. The molecule has 2 heterocycles. The van der Waals surface area contributed by atoms with Gasteiger partial charge in [-0.25, -0.2) is 4.39 Å². The Balaban J connectivity index is 1.37. The molecule has 0 radical (unpaired) electrons. The van der Waals surface area contributed by atoms with Gasteiger partial charge in [-0.15, -0.1) is 0 Å². The molecule has 1 aliphatic heterocycles. The fraction of sp³-hybridized carbons (Fsp3) is 0.600. The standard InChI is InChI=1S/C25H33FN2O3S/c1-31-19-3-7-24-22(15-19)21(8-10-27-24)23(26)6-2-17-9-11-28(12-13-32-20-4-5-20)16-18(17)14-25(29)30/h3,7-8,10,15,17-18,20,23H,2,4-6,9,11-14,16H2,1H3,(H,29,30)/t17-,18+,23?/m1/s1. The Bertz CT molecular complexity index is 923. The van der Waals surface area contributed by atoms with Crippen LogP contribution in [0.5, 0.6) is 5.75 Å². The molecule has 2 fully saturated rings. The van der Waals surface area contributed by atoms with Gasteiger partial charge >= 0.3 is 5.97 Å². The van der Waals surface area contributed by atoms with Gasteiger partial charge in [0.05, 0.1) is 12.6 Å². The SMILES string of the molecule is COc1ccc2nccc(C(F)CC[C@@H]3CCN(CCSC4CC4)C[C@@H]3CC(=O)O)c2c1. The van der Waals surface area contributed by atoms with E-state index < -0.39 is 12.1 Å². The number of halogens is 1. The van der Waals surface area contributed by atoms with Crippen molar-refractivity contribution in [3.05, 3.63) is 36.0 Å². The minimum Gasteiger partial charge on any atom is -0.497 e. The predicted molar refractivity (Wildman–Crippen MR) is 127 cm³/mol. The van der Waals surface area contributed by atoms with Gasteiger partial charge in [0.2, 0.25) is 0 Å². The summed E-state index contributed by atoms with van der Waals surface area (Å²) in [6.45, 7) is 2.83. The number of fused-ring (bicyclic) bond motifs is 1. The van der Waals surface area contributed by atoms with Crippen molar-refractivity contribution in [3.63, 3.8) is 0 Å². The molecular weight excluding hydrogens is 427 g/mol. The number of methoxy groups -OCH3 is 1. The van der Waals surface area contributed by atoms with E-state index in [9.17, 15) is 9.90 Å². The summed E-state index contributed by atoms with van der Waals surface area (Å²) in [4.78, 5) is 18.2. The second-order valence-electron chi connectivity index (χ2n) is 9.11. The van der Waals surface area contributed by atoms with E-state index in [2.05, 4.69) is 9.88 Å². The maximum atomic E-state index is 15.4. The highest BCUT2D eigenvalue weighted by atomic mass is 32.2. The minimum atomic E-state index is -1.11. The number of likely N-dealkylation sites (tertiary alicyclic amines) is 1. The number of benzene rings is 1. The number of ether oxygens (including phenoxy) is 1. The maximum absolute atomic E-state index is 15.4. The summed E-state index contributed by atoms with van der Waals surface area (Å²) in [5.74, 6) is 1.40. The summed E-state index contributed by atoms with van der Waals surface area (Å²) in [5.41, 5.74) is 1.39. The Morgan fingerprint density at radius 1 is 1.31 bits per heavy atom. The van der Waals surface area contributed by atoms with E-state index in [1.807, 2.05) is 30.0 Å². The smallest absolute Gasteiger partial charge is 0.303 e. The number of nitrogens with zero attached hydrogens (tertiary/aromatic N) is 2. The Morgan fingerprint density at radius 2 is 2.16 bits per heavy atom. The van der Waals surface area contributed by atoms with Crippen LogP contribution in [0.1, 0.15) is 50.3 Å². The Morgan fingerprint density at radius 3 is 2.91 bits per heavy atom. The number of hydrogen-bond acceptors (Lipinski definition) is 5. The predicted octanol–water partition coefficient (Wildman–Crippen LogP) is 5.34. The highest BCUT2D eigenvalue weighted by molar-refractivity contribution is 8.00. The van der Waals surface area contributed by atoms with Crippen molar-refractivity contribution in [2.24, 2.45) is 11.8 Å². The third-order valence-corrected chi connectivity index (χ3v) is 8.17. The summed E-state index contributed by atoms with van der Waals surface area (Å²) >= 11 is 2.05. The molecule has 1 N–H and O–H groups in total. The lowest BCUT2D eigenvalue weighted by Crippen LogP contribution is -2.42. The largest absolute Gasteiger partial charge is 0.497 e. The number of rotatable bonds is 11. The van der Waals surface area contributed by atoms with Gasteiger partial charge in [0.25, 0.3) is 0 Å². The van der Waals surface area contributed by atoms with E-state index in [1.54, 1.807) is 19.4 Å². The quantitative estimate of drug-likeness (QED) is 0.488. The number of alkyl halides is 1. The summed E-state index contributed by atoms with van der Waals surface area (Å²) in [6.07, 6.45) is 5.46. The van der Waals surface area contributed by atoms with E-state index in [4.69, 9.17) is 4.74 Å². The lowest BCUT2D eigenvalue weighted by Gasteiger charge is -2.38. The van der Waals surface area contributed by atoms with E-state index >= 15 is 4.39 Å². The molecule has 4 rings (SSSR count). The molecule has 2 aromatic rings. The average molecular weight is 461 g/mol. The maximum Gasteiger partial charge on any atom is 0.303 e. The van der Waals surface area contributed by atoms with Crippen LogP contribution < -0.4 is 4.74 Å². The summed E-state index contributed by atoms with van der Waals surface area (Å²) in [5, 5.41) is 11.1. The number of carbonyl (C=O) groups is 1. The summed E-state index contributed by atoms with van der Waals surface area (Å²) < 4.78 is 20.7. The molecule has 7 heteroatoms. The molecule has 0 amide bonds. The van der Waals surface area contributed by atoms with Crippen molar-refractivity contribution >= 4 is 28.6 Å². The molecule has 5 nitrogen and oxygen atoms in total. The van der Waals surface area contributed by atoms with Crippen molar-refractivity contribution in [1.82, 2.24) is 9.88 Å². The summed E-state index contributed by atoms with van der Waals surface area (Å²) in [6, 6.07) is 7.28. The Labute approximate surface area is 193 Å². The van der Waals surface area contributed by atoms with Crippen LogP contribution in [-0.4, -0.2) is 58.7 Å². The molecular formula is C25H33FN2O3S. The molecule has 32 heavy (non-hydrogen) atoms. The van der Waals surface area contributed by atoms with Crippen LogP contribution in [0.4, 0.5) is 4.39 Å². The molecule has 3 atom stereocenters. The zero-order chi connectivity index (χ0) is 22.5. The van der Waals surface area contributed by atoms with Gasteiger partial charge in [0.15, 0.2) is 0 Å². The second-order valence-corrected chi connectivity index (χ2v) is 10.5. The molecule has 1 aromatic heterocycles. The lowest BCUT2D eigenvalue weighted by atomic mass is 9.79. The highest BCUT2D eigenvalue weighted by Crippen LogP contribution is 2.37. The van der Waals surface area contributed by atoms with Crippen LogP contribution in [0.15, 0.2) is 30.5 Å². The number of hydrogen-bond donors (Lipinski definition) is 1. The third kappa shape index (κ3) is 6.13. The van der Waals surface area contributed by atoms with Crippen LogP contribution in [0.25, 0.3) is 10.9 Å². The normalized spacial score (nSPS) is 22.7. The van der Waals surface area contributed by atoms with Gasteiger partial charge in [-0.05, 0) is 80.3 Å². The molecule has 1 saturated carbocycles. The fourth-order valence-corrected chi connectivity index (χ4v) is 6.01. The molecule has 1 aromatic carbocycles. The second kappa shape index (κ2) is 10.8. The lowest BCUT2D eigenvalue weighted by molar-refractivity contribution is -0.139. The first-order valence-electron chi connectivity index (χ1n) is 11.7. The monoisotopic (exact) mass is 460 g/mol. The first kappa shape index (κ1) is 23.3. The van der Waals surface area contributed by atoms with Gasteiger partial charge in [-0.2, -0.15) is 11.8 Å². The molecule has 174 valence electrons. The van der Waals surface area contributed by atoms with Crippen LogP contribution in [0.2, 0.25) is 0 Å². The number of piperidine rings is 1. The topological polar surface area (TPSA) is 62.7 Å². The van der Waals surface area contributed by atoms with Crippen LogP contribution >= 0.6 is 11.8 Å². The van der Waals surface area contributed by atoms with Crippen LogP contribution in [-0.2, 0) is 4.79 Å². The number of carboxylic acid groups (broad SMARTS) is 1. The first-order chi connectivity index (χ1) is 15.5. The van der Waals surface area contributed by atoms with Gasteiger partial charge in [-0.1, -0.05) is 0 Å². The number of carboxylic acids is 1. The number of pyridine rings is 1. The van der Waals surface area contributed by atoms with E-state index in [0.717, 1.165) is 48.0 Å². The minimum absolute atomic E-state index is 0.0913. The van der Waals surface area contributed by atoms with E-state index in [-0.39, 0.29) is 18.3 Å². The van der Waals surface area contributed by atoms with Crippen molar-refractivity contribution in [2.75, 3.05) is 32.5 Å². The Hall–Kier alpha value is -1.86. The van der Waals surface area contributed by atoms with Gasteiger partial charge < -0.3 is 14.7 Å². The first-order valence-corrected chi connectivity index (χ1v) is 12.7. The van der Waals surface area contributed by atoms with Crippen molar-refractivity contribution < 1.29 is 19.0 Å². The highest BCUT2D eigenvalue weighted by Gasteiger charge is 2.32. The van der Waals surface area contributed by atoms with Crippen molar-refractivity contribution in [3.8, 4) is 5.75 Å². The van der Waals surface area contributed by atoms with E-state index in [0.29, 0.717) is 24.2 Å². The average Bonchev–Trinajstić information content (AvgIpc) is 3.61. The molecule has 1 saturated heterocycles. The molecule has 2 aliphatic rings. The molecule has 0 bridgehead atoms. The summed E-state index contributed by atoms with van der Waals surface area (Å²) in [7, 11) is 1.60. The zero-order valence-corrected chi connectivity index (χ0v) is 19.5. The molecule has 0 spiro atoms. The third-order valence-electron chi connectivity index (χ3n) is 6.81. The zero-order valence-electron chi connectivity index (χ0n) is 18.7. The Kier molecular flexibility index (Phi) is 7.89. The van der Waals surface area contributed by atoms with Crippen molar-refractivity contribution in [1.29, 1.82) is 0 Å². The number of aromatic nitrogens is 1. The van der Waals surface area contributed by atoms with Gasteiger partial charge in [-0.3, -0.25) is 9.78 Å². The van der Waals surface area contributed by atoms with Crippen LogP contribution in [0, 0.1) is 11.8 Å². The molecule has 1 unspecified atom stereocenters.